The van der Waals surface area contributed by atoms with E-state index in [1.165, 1.54) is 33.5 Å². The van der Waals surface area contributed by atoms with Crippen LogP contribution in [0.4, 0.5) is 0 Å². The van der Waals surface area contributed by atoms with Crippen LogP contribution in [0.25, 0.3) is 0 Å². The molecule has 10 heteroatoms. The van der Waals surface area contributed by atoms with Crippen LogP contribution in [-0.4, -0.2) is 41.0 Å². The van der Waals surface area contributed by atoms with Gasteiger partial charge in [0.1, 0.15) is 23.1 Å². The molecular weight excluding hydrogens is 528 g/mol. The Labute approximate surface area is 238 Å². The first-order valence-corrected chi connectivity index (χ1v) is 12.9. The second kappa shape index (κ2) is 12.9. The molecule has 2 N–H and O–H groups in total. The molecule has 1 heterocycles. The Kier molecular flexibility index (Phi) is 9.09. The van der Waals surface area contributed by atoms with E-state index in [1.807, 2.05) is 18.2 Å². The number of unbranched alkanes of at least 4 members (excludes halogenated alkanes) is 1. The Morgan fingerprint density at radius 1 is 0.927 bits per heavy atom. The molecule has 0 bridgehead atoms. The lowest BCUT2D eigenvalue weighted by molar-refractivity contribution is 0.0733. The molecule has 0 amide bonds. The third kappa shape index (κ3) is 5.94. The number of nitrogens with two attached hydrogens (primary N) is 1. The van der Waals surface area contributed by atoms with Crippen molar-refractivity contribution in [3.63, 3.8) is 0 Å². The van der Waals surface area contributed by atoms with Gasteiger partial charge in [-0.2, -0.15) is 5.26 Å². The fraction of sp³-hybridized carbons (Fsp3) is 0.290. The molecule has 0 saturated carbocycles. The normalized spacial score (nSPS) is 13.8. The standard InChI is InChI=1S/C31H32N2O8/c1-6-7-12-39-23-11-8-18(13-25(23)35-2)28-21-10-9-20(16-24(21)41-30(33)22(28)17-32)40-31(34)19-14-26(36-3)29(38-5)27(15-19)37-4/h8-11,13-16,28H,6-7,12,33H2,1-5H3. The lowest BCUT2D eigenvalue weighted by Gasteiger charge is -2.27. The number of nitriles is 1. The summed E-state index contributed by atoms with van der Waals surface area (Å²) in [5.74, 6) is 1.47. The van der Waals surface area contributed by atoms with Crippen LogP contribution >= 0.6 is 0 Å². The van der Waals surface area contributed by atoms with Gasteiger partial charge in [-0.15, -0.1) is 0 Å². The fourth-order valence-electron chi connectivity index (χ4n) is 4.52. The van der Waals surface area contributed by atoms with Gasteiger partial charge in [0.05, 0.1) is 46.5 Å². The summed E-state index contributed by atoms with van der Waals surface area (Å²) >= 11 is 0. The van der Waals surface area contributed by atoms with Gasteiger partial charge in [-0.25, -0.2) is 4.79 Å². The number of nitrogens with zero attached hydrogens (tertiary/aromatic N) is 1. The molecule has 41 heavy (non-hydrogen) atoms. The van der Waals surface area contributed by atoms with E-state index in [0.29, 0.717) is 46.7 Å². The van der Waals surface area contributed by atoms with Gasteiger partial charge in [0.25, 0.3) is 0 Å². The molecule has 3 aromatic rings. The zero-order valence-corrected chi connectivity index (χ0v) is 23.6. The van der Waals surface area contributed by atoms with Crippen LogP contribution < -0.4 is 38.9 Å². The molecule has 0 fully saturated rings. The van der Waals surface area contributed by atoms with Crippen LogP contribution in [0.1, 0.15) is 47.2 Å². The number of ether oxygens (including phenoxy) is 7. The van der Waals surface area contributed by atoms with Gasteiger partial charge in [0, 0.05) is 11.6 Å². The Bertz CT molecular complexity index is 1480. The van der Waals surface area contributed by atoms with Crippen molar-refractivity contribution in [2.24, 2.45) is 5.73 Å². The predicted molar refractivity (Wildman–Crippen MR) is 150 cm³/mol. The van der Waals surface area contributed by atoms with E-state index in [-0.39, 0.29) is 22.8 Å². The number of rotatable bonds is 11. The van der Waals surface area contributed by atoms with Gasteiger partial charge in [-0.3, -0.25) is 0 Å². The highest BCUT2D eigenvalue weighted by Crippen LogP contribution is 2.45. The maximum absolute atomic E-state index is 13.0. The third-order valence-corrected chi connectivity index (χ3v) is 6.58. The molecule has 0 saturated heterocycles. The van der Waals surface area contributed by atoms with Crippen molar-refractivity contribution in [1.29, 1.82) is 5.26 Å². The van der Waals surface area contributed by atoms with Crippen molar-refractivity contribution in [1.82, 2.24) is 0 Å². The summed E-state index contributed by atoms with van der Waals surface area (Å²) in [7, 11) is 5.95. The SMILES string of the molecule is CCCCOc1ccc(C2C(C#N)=C(N)Oc3cc(OC(=O)c4cc(OC)c(OC)c(OC)c4)ccc32)cc1OC. The molecule has 0 spiro atoms. The van der Waals surface area contributed by atoms with Crippen LogP contribution in [-0.2, 0) is 0 Å². The summed E-state index contributed by atoms with van der Waals surface area (Å²) < 4.78 is 38.9. The number of esters is 1. The lowest BCUT2D eigenvalue weighted by atomic mass is 9.83. The maximum Gasteiger partial charge on any atom is 0.343 e. The Morgan fingerprint density at radius 2 is 1.63 bits per heavy atom. The second-order valence-corrected chi connectivity index (χ2v) is 9.04. The van der Waals surface area contributed by atoms with Crippen molar-refractivity contribution in [2.75, 3.05) is 35.0 Å². The highest BCUT2D eigenvalue weighted by molar-refractivity contribution is 5.92. The van der Waals surface area contributed by atoms with Crippen molar-refractivity contribution < 1.29 is 38.0 Å². The minimum absolute atomic E-state index is 0.0413. The molecule has 3 aromatic carbocycles. The van der Waals surface area contributed by atoms with Gasteiger partial charge >= 0.3 is 5.97 Å². The van der Waals surface area contributed by atoms with Gasteiger partial charge < -0.3 is 38.9 Å². The molecule has 10 nitrogen and oxygen atoms in total. The molecular formula is C31H32N2O8. The first-order valence-electron chi connectivity index (χ1n) is 12.9. The number of hydrogen-bond donors (Lipinski definition) is 1. The zero-order chi connectivity index (χ0) is 29.5. The van der Waals surface area contributed by atoms with Crippen molar-refractivity contribution in [3.8, 4) is 46.3 Å². The number of fused-ring (bicyclic) bond motifs is 1. The van der Waals surface area contributed by atoms with Crippen LogP contribution in [0.5, 0.6) is 40.2 Å². The van der Waals surface area contributed by atoms with Crippen molar-refractivity contribution in [3.05, 3.63) is 76.7 Å². The molecule has 1 aliphatic heterocycles. The molecule has 1 aliphatic rings. The first kappa shape index (κ1) is 29.0. The quantitative estimate of drug-likeness (QED) is 0.186. The predicted octanol–water partition coefficient (Wildman–Crippen LogP) is 5.34. The zero-order valence-electron chi connectivity index (χ0n) is 23.6. The Balaban J connectivity index is 1.66. The molecule has 1 unspecified atom stereocenters. The average Bonchev–Trinajstić information content (AvgIpc) is 2.99. The van der Waals surface area contributed by atoms with E-state index in [1.54, 1.807) is 25.3 Å². The van der Waals surface area contributed by atoms with Crippen LogP contribution in [0.15, 0.2) is 60.0 Å². The molecule has 0 aliphatic carbocycles. The summed E-state index contributed by atoms with van der Waals surface area (Å²) in [5.41, 5.74) is 8.05. The number of benzene rings is 3. The molecule has 0 aromatic heterocycles. The highest BCUT2D eigenvalue weighted by Gasteiger charge is 2.32. The van der Waals surface area contributed by atoms with Crippen LogP contribution in [0.2, 0.25) is 0 Å². The maximum atomic E-state index is 13.0. The van der Waals surface area contributed by atoms with E-state index in [2.05, 4.69) is 13.0 Å². The summed E-state index contributed by atoms with van der Waals surface area (Å²) in [6.45, 7) is 2.66. The molecule has 4 rings (SSSR count). The minimum Gasteiger partial charge on any atom is -0.493 e. The van der Waals surface area contributed by atoms with Crippen LogP contribution in [0.3, 0.4) is 0 Å². The summed E-state index contributed by atoms with van der Waals surface area (Å²) in [5, 5.41) is 9.94. The van der Waals surface area contributed by atoms with E-state index in [0.717, 1.165) is 18.4 Å². The van der Waals surface area contributed by atoms with Gasteiger partial charge in [-0.05, 0) is 42.3 Å². The number of allylic oxidation sites excluding steroid dienone is 1. The number of carbonyl (C=O) groups excluding carboxylic acids is 1. The first-order chi connectivity index (χ1) is 19.9. The summed E-state index contributed by atoms with van der Waals surface area (Å²) in [6.07, 6.45) is 1.93. The topological polar surface area (TPSA) is 131 Å². The minimum atomic E-state index is -0.652. The number of hydrogen-bond acceptors (Lipinski definition) is 10. The third-order valence-electron chi connectivity index (χ3n) is 6.58. The van der Waals surface area contributed by atoms with Gasteiger partial charge in [0.2, 0.25) is 11.6 Å². The monoisotopic (exact) mass is 560 g/mol. The van der Waals surface area contributed by atoms with Crippen LogP contribution in [0, 0.1) is 11.3 Å². The highest BCUT2D eigenvalue weighted by atomic mass is 16.5. The second-order valence-electron chi connectivity index (χ2n) is 9.04. The van der Waals surface area contributed by atoms with Crippen molar-refractivity contribution in [2.45, 2.75) is 25.7 Å². The smallest absolute Gasteiger partial charge is 0.343 e. The fourth-order valence-corrected chi connectivity index (χ4v) is 4.52. The Morgan fingerprint density at radius 3 is 2.24 bits per heavy atom. The largest absolute Gasteiger partial charge is 0.493 e. The molecule has 214 valence electrons. The van der Waals surface area contributed by atoms with Gasteiger partial charge in [-0.1, -0.05) is 25.5 Å². The van der Waals surface area contributed by atoms with Crippen molar-refractivity contribution >= 4 is 5.97 Å². The molecule has 1 atom stereocenters. The van der Waals surface area contributed by atoms with E-state index in [9.17, 15) is 10.1 Å². The molecule has 0 radical (unpaired) electrons. The summed E-state index contributed by atoms with van der Waals surface area (Å²) in [4.78, 5) is 13.0. The average molecular weight is 561 g/mol. The van der Waals surface area contributed by atoms with E-state index in [4.69, 9.17) is 38.9 Å². The van der Waals surface area contributed by atoms with Gasteiger partial charge in [0.15, 0.2) is 23.0 Å². The van der Waals surface area contributed by atoms with E-state index >= 15 is 0 Å². The lowest BCUT2D eigenvalue weighted by Crippen LogP contribution is -2.21. The number of carbonyl (C=O) groups is 1. The summed E-state index contributed by atoms with van der Waals surface area (Å²) in [6, 6.07) is 15.6. The Hall–Kier alpha value is -5.04. The number of methoxy groups -OCH3 is 4. The van der Waals surface area contributed by atoms with E-state index < -0.39 is 11.9 Å².